The number of aryl methyl sites for hydroxylation is 1. The highest BCUT2D eigenvalue weighted by molar-refractivity contribution is 6.35. The van der Waals surface area contributed by atoms with Gasteiger partial charge in [0.15, 0.2) is 11.6 Å². The summed E-state index contributed by atoms with van der Waals surface area (Å²) in [5, 5.41) is 11.2. The zero-order valence-corrected chi connectivity index (χ0v) is 20.7. The molecule has 0 aliphatic heterocycles. The van der Waals surface area contributed by atoms with Gasteiger partial charge in [-0.1, -0.05) is 23.7 Å². The standard InChI is InChI=1S/C25H22ClN9O2/c1-35-9-7-18(34-35)22-21(16-10-15-4-3-8-28-20(15)17(26)11-16)32-24(23(27)31-22)33-25(36)30-13-14-5-6-19(37-2)29-12-14/h3-12H,13H2,1-2H3,(H2,27,31)(H2,30,32,33,36). The third-order valence-corrected chi connectivity index (χ3v) is 5.79. The molecular weight excluding hydrogens is 494 g/mol. The molecule has 1 aromatic carbocycles. The molecule has 0 atom stereocenters. The monoisotopic (exact) mass is 515 g/mol. The summed E-state index contributed by atoms with van der Waals surface area (Å²) in [5.41, 5.74) is 9.82. The molecule has 0 bridgehead atoms. The first-order valence-electron chi connectivity index (χ1n) is 11.2. The molecule has 186 valence electrons. The van der Waals surface area contributed by atoms with Gasteiger partial charge in [0, 0.05) is 49.2 Å². The Morgan fingerprint density at radius 3 is 2.73 bits per heavy atom. The number of benzene rings is 1. The number of nitrogens with two attached hydrogens (primary N) is 1. The minimum atomic E-state index is -0.505. The molecule has 12 heteroatoms. The van der Waals surface area contributed by atoms with Crippen LogP contribution in [-0.4, -0.2) is 42.9 Å². The number of nitrogens with one attached hydrogen (secondary N) is 2. The SMILES string of the molecule is COc1ccc(CNC(=O)Nc2nc(-c3cc(Cl)c4ncccc4c3)c(-c3ccn(C)n3)nc2N)cn1. The number of carbonyl (C=O) groups is 1. The predicted molar refractivity (Wildman–Crippen MR) is 141 cm³/mol. The lowest BCUT2D eigenvalue weighted by Gasteiger charge is -2.14. The van der Waals surface area contributed by atoms with Crippen molar-refractivity contribution in [1.82, 2.24) is 35.0 Å². The molecule has 11 nitrogen and oxygen atoms in total. The number of methoxy groups -OCH3 is 1. The second kappa shape index (κ2) is 10.1. The van der Waals surface area contributed by atoms with Crippen LogP contribution in [0.1, 0.15) is 5.56 Å². The first kappa shape index (κ1) is 23.9. The Bertz CT molecular complexity index is 1600. The van der Waals surface area contributed by atoms with Crippen LogP contribution in [-0.2, 0) is 13.6 Å². The molecule has 5 rings (SSSR count). The third kappa shape index (κ3) is 5.11. The van der Waals surface area contributed by atoms with Crippen LogP contribution in [0.2, 0.25) is 5.02 Å². The molecule has 0 aliphatic rings. The fourth-order valence-electron chi connectivity index (χ4n) is 3.72. The van der Waals surface area contributed by atoms with Crippen molar-refractivity contribution in [3.63, 3.8) is 0 Å². The van der Waals surface area contributed by atoms with Gasteiger partial charge in [-0.05, 0) is 29.8 Å². The van der Waals surface area contributed by atoms with E-state index in [9.17, 15) is 4.79 Å². The number of fused-ring (bicyclic) bond motifs is 1. The molecule has 0 fully saturated rings. The van der Waals surface area contributed by atoms with Crippen molar-refractivity contribution in [3.05, 3.63) is 71.6 Å². The Kier molecular flexibility index (Phi) is 6.52. The van der Waals surface area contributed by atoms with Crippen molar-refractivity contribution in [2.24, 2.45) is 7.05 Å². The number of pyridine rings is 2. The number of urea groups is 1. The fourth-order valence-corrected chi connectivity index (χ4v) is 3.99. The molecule has 0 saturated carbocycles. The Morgan fingerprint density at radius 1 is 1.14 bits per heavy atom. The molecule has 2 amide bonds. The molecule has 4 heterocycles. The molecular formula is C25H22ClN9O2. The number of nitrogens with zero attached hydrogens (tertiary/aromatic N) is 6. The van der Waals surface area contributed by atoms with Crippen LogP contribution in [0.25, 0.3) is 33.5 Å². The molecule has 37 heavy (non-hydrogen) atoms. The van der Waals surface area contributed by atoms with Crippen LogP contribution in [0, 0.1) is 0 Å². The molecule has 4 N–H and O–H groups in total. The zero-order chi connectivity index (χ0) is 25.9. The summed E-state index contributed by atoms with van der Waals surface area (Å²) in [7, 11) is 3.34. The molecule has 0 saturated heterocycles. The quantitative estimate of drug-likeness (QED) is 0.307. The summed E-state index contributed by atoms with van der Waals surface area (Å²) in [6.07, 6.45) is 5.09. The van der Waals surface area contributed by atoms with E-state index in [-0.39, 0.29) is 18.2 Å². The fraction of sp³-hybridized carbons (Fsp3) is 0.120. The first-order valence-corrected chi connectivity index (χ1v) is 11.5. The van der Waals surface area contributed by atoms with Gasteiger partial charge in [0.2, 0.25) is 5.88 Å². The maximum Gasteiger partial charge on any atom is 0.320 e. The Hall–Kier alpha value is -4.77. The predicted octanol–water partition coefficient (Wildman–Crippen LogP) is 4.05. The first-order chi connectivity index (χ1) is 17.9. The molecule has 0 aliphatic carbocycles. The van der Waals surface area contributed by atoms with Gasteiger partial charge in [-0.25, -0.2) is 19.7 Å². The number of ether oxygens (including phenoxy) is 1. The highest BCUT2D eigenvalue weighted by Crippen LogP contribution is 2.35. The van der Waals surface area contributed by atoms with Crippen LogP contribution in [0.15, 0.2) is 61.1 Å². The normalized spacial score (nSPS) is 10.9. The number of hydrogen-bond donors (Lipinski definition) is 3. The molecule has 0 radical (unpaired) electrons. The minimum absolute atomic E-state index is 0.0409. The highest BCUT2D eigenvalue weighted by atomic mass is 35.5. The largest absolute Gasteiger partial charge is 0.481 e. The number of halogens is 1. The van der Waals surface area contributed by atoms with Gasteiger partial charge in [0.1, 0.15) is 17.1 Å². The average Bonchev–Trinajstić information content (AvgIpc) is 3.34. The molecule has 4 aromatic heterocycles. The molecule has 0 spiro atoms. The zero-order valence-electron chi connectivity index (χ0n) is 19.9. The number of carbonyl (C=O) groups excluding carboxylic acids is 1. The summed E-state index contributed by atoms with van der Waals surface area (Å²) >= 11 is 6.54. The van der Waals surface area contributed by atoms with Crippen molar-refractivity contribution in [1.29, 1.82) is 0 Å². The van der Waals surface area contributed by atoms with Gasteiger partial charge in [-0.2, -0.15) is 5.10 Å². The van der Waals surface area contributed by atoms with E-state index in [4.69, 9.17) is 22.1 Å². The van der Waals surface area contributed by atoms with E-state index < -0.39 is 6.03 Å². The van der Waals surface area contributed by atoms with E-state index in [0.717, 1.165) is 10.9 Å². The van der Waals surface area contributed by atoms with Gasteiger partial charge < -0.3 is 15.8 Å². The smallest absolute Gasteiger partial charge is 0.320 e. The summed E-state index contributed by atoms with van der Waals surface area (Å²) in [6, 6.07) is 12.2. The van der Waals surface area contributed by atoms with E-state index in [1.807, 2.05) is 18.2 Å². The Balaban J connectivity index is 1.48. The van der Waals surface area contributed by atoms with Crippen LogP contribution < -0.4 is 21.1 Å². The van der Waals surface area contributed by atoms with Crippen LogP contribution in [0.3, 0.4) is 0 Å². The summed E-state index contributed by atoms with van der Waals surface area (Å²) in [6.45, 7) is 0.238. The van der Waals surface area contributed by atoms with Crippen LogP contribution >= 0.6 is 11.6 Å². The van der Waals surface area contributed by atoms with Crippen LogP contribution in [0.4, 0.5) is 16.4 Å². The number of aromatic nitrogens is 6. The van der Waals surface area contributed by atoms with Crippen LogP contribution in [0.5, 0.6) is 5.88 Å². The lowest BCUT2D eigenvalue weighted by molar-refractivity contribution is 0.251. The average molecular weight is 516 g/mol. The number of amides is 2. The lowest BCUT2D eigenvalue weighted by Crippen LogP contribution is -2.29. The van der Waals surface area contributed by atoms with E-state index >= 15 is 0 Å². The Morgan fingerprint density at radius 2 is 2.00 bits per heavy atom. The van der Waals surface area contributed by atoms with E-state index in [2.05, 4.69) is 35.7 Å². The van der Waals surface area contributed by atoms with Gasteiger partial charge in [0.25, 0.3) is 0 Å². The van der Waals surface area contributed by atoms with Gasteiger partial charge >= 0.3 is 6.03 Å². The number of nitrogen functional groups attached to an aromatic ring is 1. The van der Waals surface area contributed by atoms with Gasteiger partial charge in [-0.3, -0.25) is 15.0 Å². The highest BCUT2D eigenvalue weighted by Gasteiger charge is 2.20. The summed E-state index contributed by atoms with van der Waals surface area (Å²) < 4.78 is 6.71. The number of rotatable bonds is 6. The summed E-state index contributed by atoms with van der Waals surface area (Å²) in [5.74, 6) is 0.628. The Labute approximate surface area is 216 Å². The van der Waals surface area contributed by atoms with Gasteiger partial charge in [0.05, 0.1) is 17.6 Å². The van der Waals surface area contributed by atoms with E-state index in [1.54, 1.807) is 54.6 Å². The van der Waals surface area contributed by atoms with Crippen molar-refractivity contribution < 1.29 is 9.53 Å². The molecule has 0 unspecified atom stereocenters. The van der Waals surface area contributed by atoms with E-state index in [1.165, 1.54) is 7.11 Å². The van der Waals surface area contributed by atoms with Crippen molar-refractivity contribution in [2.75, 3.05) is 18.2 Å². The number of anilines is 2. The van der Waals surface area contributed by atoms with E-state index in [0.29, 0.717) is 39.1 Å². The summed E-state index contributed by atoms with van der Waals surface area (Å²) in [4.78, 5) is 30.4. The maximum atomic E-state index is 12.7. The lowest BCUT2D eigenvalue weighted by atomic mass is 10.0. The minimum Gasteiger partial charge on any atom is -0.481 e. The molecule has 5 aromatic rings. The maximum absolute atomic E-state index is 12.7. The van der Waals surface area contributed by atoms with Gasteiger partial charge in [-0.15, -0.1) is 0 Å². The second-order valence-electron chi connectivity index (χ2n) is 8.08. The third-order valence-electron chi connectivity index (χ3n) is 5.50. The van der Waals surface area contributed by atoms with Crippen molar-refractivity contribution in [2.45, 2.75) is 6.54 Å². The van der Waals surface area contributed by atoms with Crippen molar-refractivity contribution >= 4 is 40.2 Å². The number of hydrogen-bond acceptors (Lipinski definition) is 8. The second-order valence-corrected chi connectivity index (χ2v) is 8.49. The topological polar surface area (TPSA) is 146 Å². The van der Waals surface area contributed by atoms with Crippen molar-refractivity contribution in [3.8, 4) is 28.5 Å².